The first kappa shape index (κ1) is 24.4. The van der Waals surface area contributed by atoms with Gasteiger partial charge in [0.1, 0.15) is 22.8 Å². The third-order valence-electron chi connectivity index (χ3n) is 4.47. The maximum atomic E-state index is 9.75. The first-order chi connectivity index (χ1) is 15.7. The summed E-state index contributed by atoms with van der Waals surface area (Å²) in [4.78, 5) is 3.50. The first-order valence-electron chi connectivity index (χ1n) is 9.65. The number of rotatable bonds is 4. The molecule has 0 aliphatic rings. The van der Waals surface area contributed by atoms with Crippen LogP contribution in [-0.4, -0.2) is 21.5 Å². The molecule has 0 amide bonds. The van der Waals surface area contributed by atoms with Crippen LogP contribution in [0.3, 0.4) is 0 Å². The van der Waals surface area contributed by atoms with Crippen LogP contribution < -0.4 is 19.8 Å². The Morgan fingerprint density at radius 2 is 1.33 bits per heavy atom. The van der Waals surface area contributed by atoms with E-state index in [0.717, 1.165) is 49.3 Å². The van der Waals surface area contributed by atoms with Gasteiger partial charge in [-0.2, -0.15) is 0 Å². The fourth-order valence-corrected chi connectivity index (χ4v) is 3.35. The molecule has 3 aromatic carbocycles. The normalized spacial score (nSPS) is 11.7. The van der Waals surface area contributed by atoms with E-state index < -0.39 is 7.25 Å². The summed E-state index contributed by atoms with van der Waals surface area (Å²) in [7, 11) is -2.68. The highest BCUT2D eigenvalue weighted by atomic mass is 79.9. The number of ether oxygens (including phenoxy) is 2. The van der Waals surface area contributed by atoms with Crippen molar-refractivity contribution < 1.29 is 36.1 Å². The molecule has 4 rings (SSSR count). The molecule has 0 aliphatic carbocycles. The predicted octanol–water partition coefficient (Wildman–Crippen LogP) is 5.49. The van der Waals surface area contributed by atoms with Crippen LogP contribution in [0.1, 0.15) is 0 Å². The average Bonchev–Trinajstić information content (AvgIpc) is 2.79. The van der Waals surface area contributed by atoms with Crippen LogP contribution in [0.15, 0.2) is 81.7 Å². The van der Waals surface area contributed by atoms with E-state index in [0.29, 0.717) is 0 Å². The molecule has 1 heterocycles. The van der Waals surface area contributed by atoms with Gasteiger partial charge >= 0.3 is 7.25 Å². The quantitative estimate of drug-likeness (QED) is 0.284. The largest absolute Gasteiger partial charge is 0.673 e. The molecule has 0 fully saturated rings. The van der Waals surface area contributed by atoms with Crippen LogP contribution in [0, 0.1) is 0 Å². The van der Waals surface area contributed by atoms with Crippen molar-refractivity contribution in [3.63, 3.8) is 0 Å². The smallest absolute Gasteiger partial charge is 0.497 e. The molecule has 0 saturated heterocycles. The van der Waals surface area contributed by atoms with E-state index in [2.05, 4.69) is 20.9 Å². The number of benzene rings is 3. The van der Waals surface area contributed by atoms with Crippen LogP contribution >= 0.6 is 15.9 Å². The Morgan fingerprint density at radius 3 is 1.88 bits per heavy atom. The summed E-state index contributed by atoms with van der Waals surface area (Å²) >= 11 is 3.55. The van der Waals surface area contributed by atoms with Crippen molar-refractivity contribution in [2.45, 2.75) is 0 Å². The minimum absolute atomic E-state index is 0.772. The number of nitrogens with one attached hydrogen (secondary N) is 1. The molecule has 0 aliphatic heterocycles. The zero-order chi connectivity index (χ0) is 24.0. The van der Waals surface area contributed by atoms with Gasteiger partial charge in [-0.15, -0.1) is 0 Å². The second-order valence-corrected chi connectivity index (χ2v) is 7.66. The number of halogens is 5. The standard InChI is InChI=1S/C23H18BrNO3.BF4/c1-26-18-8-3-15(4-9-18)23-14-21(20-13-16(24)5-12-22(20)28-23)25-17-6-10-19(27-2)11-7-17;2-1(3,4)5/h3-14H,1-2H3;/q;-1/p+1. The Kier molecular flexibility index (Phi) is 7.81. The molecule has 0 spiro atoms. The van der Waals surface area contributed by atoms with Gasteiger partial charge in [0.15, 0.2) is 0 Å². The van der Waals surface area contributed by atoms with Gasteiger partial charge in [-0.1, -0.05) is 15.9 Å². The van der Waals surface area contributed by atoms with Gasteiger partial charge in [-0.3, -0.25) is 0 Å². The Balaban J connectivity index is 0.000000555. The van der Waals surface area contributed by atoms with E-state index in [4.69, 9.17) is 13.9 Å². The molecule has 33 heavy (non-hydrogen) atoms. The fraction of sp³-hybridized carbons (Fsp3) is 0.0870. The zero-order valence-corrected chi connectivity index (χ0v) is 19.2. The molecule has 0 atom stereocenters. The lowest BCUT2D eigenvalue weighted by molar-refractivity contribution is -0.400. The molecule has 172 valence electrons. The lowest BCUT2D eigenvalue weighted by Gasteiger charge is -2.05. The lowest BCUT2D eigenvalue weighted by atomic mass is 10.1. The maximum absolute atomic E-state index is 9.75. The van der Waals surface area contributed by atoms with Crippen molar-refractivity contribution in [3.8, 4) is 22.8 Å². The maximum Gasteiger partial charge on any atom is 0.673 e. The molecule has 0 unspecified atom stereocenters. The summed E-state index contributed by atoms with van der Waals surface area (Å²) in [6.45, 7) is 0. The van der Waals surface area contributed by atoms with Crippen molar-refractivity contribution >= 4 is 39.8 Å². The van der Waals surface area contributed by atoms with Gasteiger partial charge in [0.05, 0.1) is 25.7 Å². The molecule has 4 aromatic rings. The van der Waals surface area contributed by atoms with Crippen molar-refractivity contribution in [2.75, 3.05) is 14.2 Å². The highest BCUT2D eigenvalue weighted by molar-refractivity contribution is 9.10. The van der Waals surface area contributed by atoms with E-state index in [-0.39, 0.29) is 0 Å². The van der Waals surface area contributed by atoms with Crippen molar-refractivity contribution in [2.24, 2.45) is 0 Å². The molecule has 0 bridgehead atoms. The number of fused-ring (bicyclic) bond motifs is 1. The van der Waals surface area contributed by atoms with Gasteiger partial charge < -0.3 is 31.2 Å². The monoisotopic (exact) mass is 523 g/mol. The summed E-state index contributed by atoms with van der Waals surface area (Å²) in [6.07, 6.45) is 0. The van der Waals surface area contributed by atoms with Crippen molar-refractivity contribution in [1.82, 2.24) is 0 Å². The molecule has 4 nitrogen and oxygen atoms in total. The minimum atomic E-state index is -6.00. The summed E-state index contributed by atoms with van der Waals surface area (Å²) in [5.74, 6) is 2.40. The predicted molar refractivity (Wildman–Crippen MR) is 123 cm³/mol. The summed E-state index contributed by atoms with van der Waals surface area (Å²) in [5.41, 5.74) is 2.74. The highest BCUT2D eigenvalue weighted by Gasteiger charge is 2.20. The van der Waals surface area contributed by atoms with Gasteiger partial charge in [0.2, 0.25) is 11.0 Å². The Bertz CT molecular complexity index is 1280. The van der Waals surface area contributed by atoms with E-state index in [1.165, 1.54) is 0 Å². The van der Waals surface area contributed by atoms with Crippen LogP contribution in [0.25, 0.3) is 22.3 Å². The SMILES string of the molecule is COc1ccc([NH+]=c2cc(-c3ccc(OC)cc3)oc3ccc(Br)cc23)cc1.F[B-](F)(F)F. The third-order valence-corrected chi connectivity index (χ3v) is 4.96. The van der Waals surface area contributed by atoms with Crippen LogP contribution in [0.4, 0.5) is 23.0 Å². The number of hydrogen-bond donors (Lipinski definition) is 1. The van der Waals surface area contributed by atoms with Crippen LogP contribution in [-0.2, 0) is 0 Å². The first-order valence-corrected chi connectivity index (χ1v) is 10.4. The molecule has 1 aromatic heterocycles. The fourth-order valence-electron chi connectivity index (χ4n) is 2.99. The zero-order valence-electron chi connectivity index (χ0n) is 17.6. The van der Waals surface area contributed by atoms with Gasteiger partial charge in [-0.25, -0.2) is 4.99 Å². The summed E-state index contributed by atoms with van der Waals surface area (Å²) in [6, 6.07) is 23.6. The summed E-state index contributed by atoms with van der Waals surface area (Å²) in [5, 5.41) is 1.95. The Labute approximate surface area is 195 Å². The second-order valence-electron chi connectivity index (χ2n) is 6.74. The highest BCUT2D eigenvalue weighted by Crippen LogP contribution is 2.25. The van der Waals surface area contributed by atoms with Gasteiger partial charge in [0.25, 0.3) is 0 Å². The molecular formula is C23H19BBrF4NO3. The van der Waals surface area contributed by atoms with Gasteiger partial charge in [0, 0.05) is 22.2 Å². The van der Waals surface area contributed by atoms with E-state index in [1.807, 2.05) is 72.8 Å². The van der Waals surface area contributed by atoms with E-state index >= 15 is 0 Å². The Morgan fingerprint density at radius 1 is 0.788 bits per heavy atom. The average molecular weight is 524 g/mol. The van der Waals surface area contributed by atoms with Crippen molar-refractivity contribution in [1.29, 1.82) is 0 Å². The number of hydrogen-bond acceptors (Lipinski definition) is 3. The topological polar surface area (TPSA) is 45.6 Å². The van der Waals surface area contributed by atoms with Crippen LogP contribution in [0.2, 0.25) is 0 Å². The van der Waals surface area contributed by atoms with Crippen LogP contribution in [0.5, 0.6) is 11.5 Å². The molecule has 0 saturated carbocycles. The lowest BCUT2D eigenvalue weighted by Crippen LogP contribution is -2.70. The third kappa shape index (κ3) is 7.11. The minimum Gasteiger partial charge on any atom is -0.497 e. The molecule has 10 heteroatoms. The Hall–Kier alpha value is -3.27. The second kappa shape index (κ2) is 10.6. The number of methoxy groups -OCH3 is 2. The van der Waals surface area contributed by atoms with Gasteiger partial charge in [-0.05, 0) is 54.6 Å². The molecule has 0 radical (unpaired) electrons. The van der Waals surface area contributed by atoms with E-state index in [1.54, 1.807) is 14.2 Å². The van der Waals surface area contributed by atoms with Crippen molar-refractivity contribution in [3.05, 3.63) is 82.6 Å². The van der Waals surface area contributed by atoms with E-state index in [9.17, 15) is 17.3 Å². The summed E-state index contributed by atoms with van der Waals surface area (Å²) < 4.78 is 56.7. The molecular weight excluding hydrogens is 505 g/mol. The molecule has 1 N–H and O–H groups in total.